The molecule has 1 N–H and O–H groups in total. The number of benzene rings is 1. The van der Waals surface area contributed by atoms with Gasteiger partial charge in [-0.05, 0) is 24.6 Å². The first kappa shape index (κ1) is 13.6. The Labute approximate surface area is 110 Å². The van der Waals surface area contributed by atoms with Gasteiger partial charge >= 0.3 is 0 Å². The summed E-state index contributed by atoms with van der Waals surface area (Å²) < 4.78 is 27.6. The van der Waals surface area contributed by atoms with E-state index >= 15 is 0 Å². The van der Waals surface area contributed by atoms with Crippen molar-refractivity contribution in [2.45, 2.75) is 19.4 Å². The first-order valence-electron chi connectivity index (χ1n) is 6.09. The SMILES string of the molecule is CC(NCCc1ncn(C)n1)c1ccc(F)c(F)c1. The van der Waals surface area contributed by atoms with Crippen LogP contribution in [0, 0.1) is 11.6 Å². The average Bonchev–Trinajstić information content (AvgIpc) is 2.78. The minimum absolute atomic E-state index is 0.0567. The van der Waals surface area contributed by atoms with Gasteiger partial charge in [-0.25, -0.2) is 13.8 Å². The summed E-state index contributed by atoms with van der Waals surface area (Å²) in [5.41, 5.74) is 0.716. The second kappa shape index (κ2) is 5.88. The first-order valence-corrected chi connectivity index (χ1v) is 6.09. The fourth-order valence-electron chi connectivity index (χ4n) is 1.80. The summed E-state index contributed by atoms with van der Waals surface area (Å²) in [5, 5.41) is 7.39. The lowest BCUT2D eigenvalue weighted by Gasteiger charge is -2.13. The summed E-state index contributed by atoms with van der Waals surface area (Å²) in [7, 11) is 1.81. The molecular formula is C13H16F2N4. The Morgan fingerprint density at radius 1 is 1.32 bits per heavy atom. The number of rotatable bonds is 5. The molecule has 1 aromatic heterocycles. The van der Waals surface area contributed by atoms with Gasteiger partial charge in [0.2, 0.25) is 0 Å². The van der Waals surface area contributed by atoms with Crippen LogP contribution in [0.2, 0.25) is 0 Å². The van der Waals surface area contributed by atoms with Crippen molar-refractivity contribution in [3.8, 4) is 0 Å². The molecule has 1 heterocycles. The Bertz CT molecular complexity index is 553. The van der Waals surface area contributed by atoms with Crippen molar-refractivity contribution in [1.82, 2.24) is 20.1 Å². The molecule has 0 bridgehead atoms. The molecule has 0 fully saturated rings. The third kappa shape index (κ3) is 3.57. The Balaban J connectivity index is 1.86. The average molecular weight is 266 g/mol. The molecule has 0 radical (unpaired) electrons. The van der Waals surface area contributed by atoms with Gasteiger partial charge in [0.1, 0.15) is 6.33 Å². The van der Waals surface area contributed by atoms with Crippen LogP contribution in [0.15, 0.2) is 24.5 Å². The van der Waals surface area contributed by atoms with Crippen LogP contribution in [0.3, 0.4) is 0 Å². The van der Waals surface area contributed by atoms with E-state index in [0.29, 0.717) is 18.5 Å². The molecular weight excluding hydrogens is 250 g/mol. The lowest BCUT2D eigenvalue weighted by atomic mass is 10.1. The quantitative estimate of drug-likeness (QED) is 0.900. The zero-order valence-electron chi connectivity index (χ0n) is 10.9. The number of hydrogen-bond acceptors (Lipinski definition) is 3. The van der Waals surface area contributed by atoms with E-state index in [1.54, 1.807) is 17.1 Å². The topological polar surface area (TPSA) is 42.7 Å². The van der Waals surface area contributed by atoms with E-state index in [0.717, 1.165) is 11.9 Å². The number of nitrogens with zero attached hydrogens (tertiary/aromatic N) is 3. The van der Waals surface area contributed by atoms with Crippen molar-refractivity contribution in [3.63, 3.8) is 0 Å². The van der Waals surface area contributed by atoms with Crippen molar-refractivity contribution in [2.75, 3.05) is 6.54 Å². The number of hydrogen-bond donors (Lipinski definition) is 1. The van der Waals surface area contributed by atoms with E-state index in [9.17, 15) is 8.78 Å². The molecule has 1 atom stereocenters. The summed E-state index contributed by atoms with van der Waals surface area (Å²) >= 11 is 0. The highest BCUT2D eigenvalue weighted by Gasteiger charge is 2.09. The largest absolute Gasteiger partial charge is 0.310 e. The lowest BCUT2D eigenvalue weighted by Crippen LogP contribution is -2.22. The Kier molecular flexibility index (Phi) is 4.21. The Morgan fingerprint density at radius 2 is 2.11 bits per heavy atom. The van der Waals surface area contributed by atoms with Gasteiger partial charge in [-0.15, -0.1) is 0 Å². The van der Waals surface area contributed by atoms with Gasteiger partial charge in [0, 0.05) is 26.1 Å². The molecule has 1 aromatic carbocycles. The molecule has 19 heavy (non-hydrogen) atoms. The minimum atomic E-state index is -0.825. The van der Waals surface area contributed by atoms with Crippen LogP contribution in [0.5, 0.6) is 0 Å². The standard InChI is InChI=1S/C13H16F2N4/c1-9(10-3-4-11(14)12(15)7-10)16-6-5-13-17-8-19(2)18-13/h3-4,7-9,16H,5-6H2,1-2H3. The molecule has 2 rings (SSSR count). The van der Waals surface area contributed by atoms with Crippen molar-refractivity contribution in [1.29, 1.82) is 0 Å². The molecule has 102 valence electrons. The fraction of sp³-hybridized carbons (Fsp3) is 0.385. The van der Waals surface area contributed by atoms with Gasteiger partial charge in [0.25, 0.3) is 0 Å². The highest BCUT2D eigenvalue weighted by molar-refractivity contribution is 5.20. The summed E-state index contributed by atoms with van der Waals surface area (Å²) in [6.45, 7) is 2.57. The molecule has 4 nitrogen and oxygen atoms in total. The zero-order chi connectivity index (χ0) is 13.8. The molecule has 0 aliphatic heterocycles. The second-order valence-electron chi connectivity index (χ2n) is 4.43. The van der Waals surface area contributed by atoms with Crippen molar-refractivity contribution >= 4 is 0 Å². The number of nitrogens with one attached hydrogen (secondary N) is 1. The van der Waals surface area contributed by atoms with E-state index in [2.05, 4.69) is 15.4 Å². The first-order chi connectivity index (χ1) is 9.06. The molecule has 0 saturated carbocycles. The molecule has 0 aliphatic carbocycles. The van der Waals surface area contributed by atoms with Gasteiger partial charge in [-0.3, -0.25) is 4.68 Å². The van der Waals surface area contributed by atoms with Gasteiger partial charge < -0.3 is 5.32 Å². The summed E-state index contributed by atoms with van der Waals surface area (Å²) in [4.78, 5) is 4.11. The minimum Gasteiger partial charge on any atom is -0.310 e. The van der Waals surface area contributed by atoms with Crippen LogP contribution >= 0.6 is 0 Å². The van der Waals surface area contributed by atoms with Crippen LogP contribution in [-0.2, 0) is 13.5 Å². The highest BCUT2D eigenvalue weighted by Crippen LogP contribution is 2.15. The maximum absolute atomic E-state index is 13.1. The number of aromatic nitrogens is 3. The number of aryl methyl sites for hydroxylation is 1. The lowest BCUT2D eigenvalue weighted by molar-refractivity contribution is 0.500. The molecule has 2 aromatic rings. The van der Waals surface area contributed by atoms with E-state index in [1.165, 1.54) is 6.07 Å². The third-order valence-corrected chi connectivity index (χ3v) is 2.89. The van der Waals surface area contributed by atoms with Crippen LogP contribution in [0.4, 0.5) is 8.78 Å². The van der Waals surface area contributed by atoms with Gasteiger partial charge in [0.15, 0.2) is 17.5 Å². The molecule has 6 heteroatoms. The van der Waals surface area contributed by atoms with E-state index < -0.39 is 11.6 Å². The highest BCUT2D eigenvalue weighted by atomic mass is 19.2. The smallest absolute Gasteiger partial charge is 0.159 e. The maximum Gasteiger partial charge on any atom is 0.159 e. The Hall–Kier alpha value is -1.82. The van der Waals surface area contributed by atoms with Gasteiger partial charge in [0.05, 0.1) is 0 Å². The van der Waals surface area contributed by atoms with Crippen LogP contribution in [0.25, 0.3) is 0 Å². The summed E-state index contributed by atoms with van der Waals surface area (Å²) in [6.07, 6.45) is 2.34. The Morgan fingerprint density at radius 3 is 2.74 bits per heavy atom. The van der Waals surface area contributed by atoms with Gasteiger partial charge in [-0.2, -0.15) is 5.10 Å². The van der Waals surface area contributed by atoms with Crippen molar-refractivity contribution in [2.24, 2.45) is 7.05 Å². The third-order valence-electron chi connectivity index (χ3n) is 2.89. The van der Waals surface area contributed by atoms with E-state index in [-0.39, 0.29) is 6.04 Å². The van der Waals surface area contributed by atoms with E-state index in [1.807, 2.05) is 14.0 Å². The molecule has 0 saturated heterocycles. The molecule has 0 aliphatic rings. The van der Waals surface area contributed by atoms with Gasteiger partial charge in [-0.1, -0.05) is 6.07 Å². The van der Waals surface area contributed by atoms with Crippen LogP contribution in [0.1, 0.15) is 24.4 Å². The predicted octanol–water partition coefficient (Wildman–Crippen LogP) is 1.99. The summed E-state index contributed by atoms with van der Waals surface area (Å²) in [5.74, 6) is -0.890. The molecule has 1 unspecified atom stereocenters. The maximum atomic E-state index is 13.1. The number of halogens is 2. The zero-order valence-corrected chi connectivity index (χ0v) is 10.9. The van der Waals surface area contributed by atoms with Crippen LogP contribution in [-0.4, -0.2) is 21.3 Å². The fourth-order valence-corrected chi connectivity index (χ4v) is 1.80. The molecule has 0 spiro atoms. The summed E-state index contributed by atoms with van der Waals surface area (Å²) in [6, 6.07) is 3.88. The van der Waals surface area contributed by atoms with Crippen LogP contribution < -0.4 is 5.32 Å². The van der Waals surface area contributed by atoms with Crippen molar-refractivity contribution < 1.29 is 8.78 Å². The van der Waals surface area contributed by atoms with Crippen molar-refractivity contribution in [3.05, 3.63) is 47.5 Å². The monoisotopic (exact) mass is 266 g/mol. The predicted molar refractivity (Wildman–Crippen MR) is 67.5 cm³/mol. The van der Waals surface area contributed by atoms with E-state index in [4.69, 9.17) is 0 Å². The normalized spacial score (nSPS) is 12.6. The second-order valence-corrected chi connectivity index (χ2v) is 4.43. The molecule has 0 amide bonds.